The van der Waals surface area contributed by atoms with E-state index in [9.17, 15) is 0 Å². The molecular formula is C16H26N2OS. The van der Waals surface area contributed by atoms with Gasteiger partial charge in [0.05, 0.1) is 11.7 Å². The number of rotatable bonds is 5. The molecule has 0 radical (unpaired) electrons. The van der Waals surface area contributed by atoms with Crippen LogP contribution in [-0.4, -0.2) is 18.1 Å². The molecule has 1 aliphatic carbocycles. The van der Waals surface area contributed by atoms with Gasteiger partial charge in [0, 0.05) is 12.0 Å². The van der Waals surface area contributed by atoms with E-state index in [1.165, 1.54) is 55.6 Å². The highest BCUT2D eigenvalue weighted by molar-refractivity contribution is 7.09. The van der Waals surface area contributed by atoms with Crippen LogP contribution in [0.15, 0.2) is 5.38 Å². The first-order valence-electron chi connectivity index (χ1n) is 8.18. The summed E-state index contributed by atoms with van der Waals surface area (Å²) >= 11 is 1.80. The lowest BCUT2D eigenvalue weighted by Gasteiger charge is -2.28. The van der Waals surface area contributed by atoms with Crippen LogP contribution >= 0.6 is 11.3 Å². The van der Waals surface area contributed by atoms with Gasteiger partial charge < -0.3 is 10.1 Å². The van der Waals surface area contributed by atoms with Gasteiger partial charge in [-0.1, -0.05) is 19.3 Å². The molecule has 2 unspecified atom stereocenters. The van der Waals surface area contributed by atoms with Gasteiger partial charge in [-0.05, 0) is 45.1 Å². The van der Waals surface area contributed by atoms with Crippen LogP contribution in [0.4, 0.5) is 0 Å². The summed E-state index contributed by atoms with van der Waals surface area (Å²) in [4.78, 5) is 4.92. The molecule has 0 amide bonds. The van der Waals surface area contributed by atoms with Gasteiger partial charge in [0.25, 0.3) is 0 Å². The maximum Gasteiger partial charge on any atom is 0.122 e. The van der Waals surface area contributed by atoms with Crippen LogP contribution in [0.1, 0.15) is 74.7 Å². The van der Waals surface area contributed by atoms with Crippen LogP contribution in [0.5, 0.6) is 0 Å². The molecule has 2 atom stereocenters. The van der Waals surface area contributed by atoms with Crippen LogP contribution in [-0.2, 0) is 4.74 Å². The van der Waals surface area contributed by atoms with Gasteiger partial charge in [-0.2, -0.15) is 0 Å². The fraction of sp³-hybridized carbons (Fsp3) is 0.812. The molecule has 0 spiro atoms. The Labute approximate surface area is 126 Å². The zero-order valence-corrected chi connectivity index (χ0v) is 13.3. The van der Waals surface area contributed by atoms with Gasteiger partial charge in [0.2, 0.25) is 0 Å². The number of nitrogens with zero attached hydrogens (tertiary/aromatic N) is 1. The summed E-state index contributed by atoms with van der Waals surface area (Å²) < 4.78 is 6.07. The third kappa shape index (κ3) is 3.23. The van der Waals surface area contributed by atoms with Crippen LogP contribution in [0.25, 0.3) is 0 Å². The highest BCUT2D eigenvalue weighted by Crippen LogP contribution is 2.39. The van der Waals surface area contributed by atoms with Crippen molar-refractivity contribution in [2.75, 3.05) is 13.2 Å². The van der Waals surface area contributed by atoms with Crippen LogP contribution < -0.4 is 5.32 Å². The smallest absolute Gasteiger partial charge is 0.122 e. The minimum atomic E-state index is 0.237. The Kier molecular flexibility index (Phi) is 5.08. The van der Waals surface area contributed by atoms with Crippen LogP contribution in [0.2, 0.25) is 0 Å². The molecule has 1 N–H and O–H groups in total. The summed E-state index contributed by atoms with van der Waals surface area (Å²) in [6.45, 7) is 4.02. The van der Waals surface area contributed by atoms with E-state index in [1.807, 2.05) is 0 Å². The second-order valence-electron chi connectivity index (χ2n) is 6.03. The second kappa shape index (κ2) is 7.01. The van der Waals surface area contributed by atoms with Crippen molar-refractivity contribution in [2.24, 2.45) is 5.92 Å². The molecule has 3 nitrogen and oxygen atoms in total. The van der Waals surface area contributed by atoms with Gasteiger partial charge in [-0.3, -0.25) is 0 Å². The Morgan fingerprint density at radius 2 is 2.15 bits per heavy atom. The maximum atomic E-state index is 6.07. The lowest BCUT2D eigenvalue weighted by Crippen LogP contribution is -2.19. The van der Waals surface area contributed by atoms with Crippen molar-refractivity contribution in [1.82, 2.24) is 10.3 Å². The Balaban J connectivity index is 1.72. The first-order chi connectivity index (χ1) is 9.88. The molecule has 0 bridgehead atoms. The Bertz CT molecular complexity index is 408. The molecule has 1 aromatic rings. The third-order valence-corrected chi connectivity index (χ3v) is 5.55. The standard InChI is InChI=1S/C16H26N2OS/c1-2-19-15(12-7-4-3-5-8-12)16-18-14(11-20-16)13-9-6-10-17-13/h11-13,15,17H,2-10H2,1H3. The molecule has 2 aliphatic rings. The van der Waals surface area contributed by atoms with Gasteiger partial charge in [0.15, 0.2) is 0 Å². The molecule has 2 fully saturated rings. The molecule has 112 valence electrons. The minimum absolute atomic E-state index is 0.237. The molecule has 1 aliphatic heterocycles. The average molecular weight is 294 g/mol. The fourth-order valence-electron chi connectivity index (χ4n) is 3.55. The van der Waals surface area contributed by atoms with Gasteiger partial charge >= 0.3 is 0 Å². The second-order valence-corrected chi connectivity index (χ2v) is 6.92. The first kappa shape index (κ1) is 14.5. The summed E-state index contributed by atoms with van der Waals surface area (Å²) in [7, 11) is 0. The normalized spacial score (nSPS) is 25.9. The largest absolute Gasteiger partial charge is 0.371 e. The third-order valence-electron chi connectivity index (χ3n) is 4.62. The SMILES string of the molecule is CCOC(c1nc(C2CCCN2)cs1)C1CCCCC1. The predicted octanol–water partition coefficient (Wildman–Crippen LogP) is 4.23. The molecule has 20 heavy (non-hydrogen) atoms. The molecule has 0 aromatic carbocycles. The van der Waals surface area contributed by atoms with E-state index in [0.717, 1.165) is 13.2 Å². The summed E-state index contributed by atoms with van der Waals surface area (Å²) in [6.07, 6.45) is 9.46. The summed E-state index contributed by atoms with van der Waals surface area (Å²) in [5.41, 5.74) is 1.24. The quantitative estimate of drug-likeness (QED) is 0.882. The topological polar surface area (TPSA) is 34.1 Å². The van der Waals surface area contributed by atoms with E-state index in [-0.39, 0.29) is 6.10 Å². The summed E-state index contributed by atoms with van der Waals surface area (Å²) in [6, 6.07) is 0.480. The van der Waals surface area contributed by atoms with Gasteiger partial charge in [-0.15, -0.1) is 11.3 Å². The minimum Gasteiger partial charge on any atom is -0.371 e. The molecule has 3 rings (SSSR count). The van der Waals surface area contributed by atoms with Crippen LogP contribution in [0.3, 0.4) is 0 Å². The van der Waals surface area contributed by atoms with Crippen molar-refractivity contribution in [3.8, 4) is 0 Å². The van der Waals surface area contributed by atoms with Crippen molar-refractivity contribution in [2.45, 2.75) is 64.0 Å². The van der Waals surface area contributed by atoms with Gasteiger partial charge in [0.1, 0.15) is 11.1 Å². The van der Waals surface area contributed by atoms with Crippen molar-refractivity contribution >= 4 is 11.3 Å². The van der Waals surface area contributed by atoms with E-state index < -0.39 is 0 Å². The highest BCUT2D eigenvalue weighted by atomic mass is 32.1. The molecular weight excluding hydrogens is 268 g/mol. The van der Waals surface area contributed by atoms with E-state index in [2.05, 4.69) is 17.6 Å². The first-order valence-corrected chi connectivity index (χ1v) is 9.06. The molecule has 1 saturated carbocycles. The van der Waals surface area contributed by atoms with Crippen molar-refractivity contribution in [1.29, 1.82) is 0 Å². The van der Waals surface area contributed by atoms with Crippen molar-refractivity contribution in [3.63, 3.8) is 0 Å². The number of nitrogens with one attached hydrogen (secondary N) is 1. The highest BCUT2D eigenvalue weighted by Gasteiger charge is 2.29. The lowest BCUT2D eigenvalue weighted by molar-refractivity contribution is 0.00539. The molecule has 1 saturated heterocycles. The summed E-state index contributed by atoms with van der Waals surface area (Å²) in [5.74, 6) is 0.680. The summed E-state index contributed by atoms with van der Waals surface area (Å²) in [5, 5.41) is 6.99. The maximum absolute atomic E-state index is 6.07. The lowest BCUT2D eigenvalue weighted by atomic mass is 9.85. The predicted molar refractivity (Wildman–Crippen MR) is 83.0 cm³/mol. The number of hydrogen-bond acceptors (Lipinski definition) is 4. The molecule has 1 aromatic heterocycles. The monoisotopic (exact) mass is 294 g/mol. The van der Waals surface area contributed by atoms with Crippen molar-refractivity contribution < 1.29 is 4.74 Å². The van der Waals surface area contributed by atoms with E-state index >= 15 is 0 Å². The zero-order chi connectivity index (χ0) is 13.8. The average Bonchev–Trinajstić information content (AvgIpc) is 3.16. The Hall–Kier alpha value is -0.450. The Morgan fingerprint density at radius 3 is 2.85 bits per heavy atom. The van der Waals surface area contributed by atoms with E-state index in [0.29, 0.717) is 12.0 Å². The number of aromatic nitrogens is 1. The van der Waals surface area contributed by atoms with E-state index in [4.69, 9.17) is 9.72 Å². The number of hydrogen-bond donors (Lipinski definition) is 1. The number of ether oxygens (including phenoxy) is 1. The Morgan fingerprint density at radius 1 is 1.30 bits per heavy atom. The molecule has 2 heterocycles. The van der Waals surface area contributed by atoms with Crippen LogP contribution in [0, 0.1) is 5.92 Å². The zero-order valence-electron chi connectivity index (χ0n) is 12.4. The number of thiazole rings is 1. The van der Waals surface area contributed by atoms with Crippen molar-refractivity contribution in [3.05, 3.63) is 16.1 Å². The van der Waals surface area contributed by atoms with E-state index in [1.54, 1.807) is 11.3 Å². The fourth-order valence-corrected chi connectivity index (χ4v) is 4.57. The molecule has 4 heteroatoms. The van der Waals surface area contributed by atoms with Gasteiger partial charge in [-0.25, -0.2) is 4.98 Å².